The molecule has 2 aromatic carbocycles. The van der Waals surface area contributed by atoms with E-state index in [2.05, 4.69) is 30.7 Å². The van der Waals surface area contributed by atoms with Crippen molar-refractivity contribution in [2.24, 2.45) is 5.41 Å². The largest absolute Gasteiger partial charge is 0.507 e. The summed E-state index contributed by atoms with van der Waals surface area (Å²) in [7, 11) is 0. The number of para-hydroxylation sites is 1. The van der Waals surface area contributed by atoms with Gasteiger partial charge in [-0.1, -0.05) is 57.2 Å². The highest BCUT2D eigenvalue weighted by Crippen LogP contribution is 2.32. The lowest BCUT2D eigenvalue weighted by Crippen LogP contribution is -2.59. The first-order chi connectivity index (χ1) is 25.7. The summed E-state index contributed by atoms with van der Waals surface area (Å²) in [4.78, 5) is 52.2. The van der Waals surface area contributed by atoms with Crippen LogP contribution in [-0.4, -0.2) is 110 Å². The number of nitrogens with one attached hydrogen (secondary N) is 2. The number of piperazine rings is 1. The maximum atomic E-state index is 14.2. The summed E-state index contributed by atoms with van der Waals surface area (Å²) in [6, 6.07) is 14.5. The molecule has 2 fully saturated rings. The number of nitrogen functional groups attached to an aromatic ring is 1. The van der Waals surface area contributed by atoms with E-state index in [1.54, 1.807) is 29.5 Å². The van der Waals surface area contributed by atoms with Crippen LogP contribution in [0.1, 0.15) is 51.4 Å². The van der Waals surface area contributed by atoms with Crippen molar-refractivity contribution in [2.45, 2.75) is 65.3 Å². The summed E-state index contributed by atoms with van der Waals surface area (Å²) < 4.78 is 0. The molecule has 4 heterocycles. The van der Waals surface area contributed by atoms with Gasteiger partial charge in [0.25, 0.3) is 0 Å². The van der Waals surface area contributed by atoms with Crippen molar-refractivity contribution in [3.05, 3.63) is 71.4 Å². The van der Waals surface area contributed by atoms with Gasteiger partial charge in [0.05, 0.1) is 46.2 Å². The van der Waals surface area contributed by atoms with Crippen LogP contribution in [0.5, 0.6) is 5.75 Å². The second-order valence-electron chi connectivity index (χ2n) is 15.2. The van der Waals surface area contributed by atoms with E-state index in [4.69, 9.17) is 5.73 Å². The number of aromatic hydroxyl groups is 1. The molecule has 286 valence electrons. The van der Waals surface area contributed by atoms with Gasteiger partial charge in [0, 0.05) is 44.7 Å². The highest BCUT2D eigenvalue weighted by atomic mass is 32.1. The molecular weight excluding hydrogens is 707 g/mol. The standard InChI is InChI=1S/C39H49N9O5S/c1-23(25-10-12-26(13-11-25)34-24(2)41-22-54-34)42-37(52)31-18-27(49)20-48(31)38(53)35(39(3,4)5)43-33(51)21-46-14-16-47(17-15-46)30-19-29(44-45-36(30)40)28-8-6-7-9-32(28)50/h6-13,19,22-23,27,31,35,49-50H,14-18,20-21H2,1-5H3,(H2,40,45)(H,42,52)(H,43,51)/t23-,27+,31-,35+/m0/s1. The summed E-state index contributed by atoms with van der Waals surface area (Å²) in [6.45, 7) is 11.8. The van der Waals surface area contributed by atoms with E-state index in [1.807, 2.05) is 81.4 Å². The fraction of sp³-hybridized carbons (Fsp3) is 0.436. The summed E-state index contributed by atoms with van der Waals surface area (Å²) in [5.74, 6) is -0.702. The van der Waals surface area contributed by atoms with Crippen LogP contribution in [0.2, 0.25) is 0 Å². The van der Waals surface area contributed by atoms with Crippen molar-refractivity contribution in [3.8, 4) is 27.4 Å². The van der Waals surface area contributed by atoms with Gasteiger partial charge in [-0.15, -0.1) is 21.5 Å². The molecule has 2 aliphatic rings. The lowest BCUT2D eigenvalue weighted by atomic mass is 9.85. The molecule has 15 heteroatoms. The number of phenols is 1. The van der Waals surface area contributed by atoms with E-state index in [9.17, 15) is 24.6 Å². The number of benzene rings is 2. The lowest BCUT2D eigenvalue weighted by molar-refractivity contribution is -0.144. The van der Waals surface area contributed by atoms with Gasteiger partial charge in [-0.25, -0.2) is 4.98 Å². The Morgan fingerprint density at radius 2 is 1.72 bits per heavy atom. The summed E-state index contributed by atoms with van der Waals surface area (Å²) >= 11 is 1.58. The second-order valence-corrected chi connectivity index (χ2v) is 16.0. The Morgan fingerprint density at radius 1 is 1.02 bits per heavy atom. The first-order valence-corrected chi connectivity index (χ1v) is 19.0. The minimum atomic E-state index is -0.928. The smallest absolute Gasteiger partial charge is 0.246 e. The number of nitrogens with two attached hydrogens (primary N) is 1. The average molecular weight is 756 g/mol. The van der Waals surface area contributed by atoms with Gasteiger partial charge >= 0.3 is 0 Å². The number of amides is 3. The van der Waals surface area contributed by atoms with Gasteiger partial charge in [-0.2, -0.15) is 0 Å². The summed E-state index contributed by atoms with van der Waals surface area (Å²) in [5.41, 5.74) is 12.0. The van der Waals surface area contributed by atoms with Gasteiger partial charge < -0.3 is 36.4 Å². The van der Waals surface area contributed by atoms with Gasteiger partial charge in [-0.3, -0.25) is 19.3 Å². The van der Waals surface area contributed by atoms with Crippen LogP contribution in [-0.2, 0) is 14.4 Å². The zero-order valence-corrected chi connectivity index (χ0v) is 32.1. The van der Waals surface area contributed by atoms with Crippen LogP contribution in [0.4, 0.5) is 11.5 Å². The number of rotatable bonds is 10. The van der Waals surface area contributed by atoms with Crippen molar-refractivity contribution in [2.75, 3.05) is 49.9 Å². The second kappa shape index (κ2) is 16.1. The van der Waals surface area contributed by atoms with Crippen LogP contribution in [0.25, 0.3) is 21.7 Å². The van der Waals surface area contributed by atoms with E-state index in [0.717, 1.165) is 21.7 Å². The number of aliphatic hydroxyl groups excluding tert-OH is 1. The van der Waals surface area contributed by atoms with E-state index in [0.29, 0.717) is 43.1 Å². The topological polar surface area (TPSA) is 190 Å². The highest BCUT2D eigenvalue weighted by molar-refractivity contribution is 7.13. The third kappa shape index (κ3) is 8.64. The third-order valence-electron chi connectivity index (χ3n) is 10.1. The van der Waals surface area contributed by atoms with Crippen molar-refractivity contribution >= 4 is 40.6 Å². The number of hydrogen-bond acceptors (Lipinski definition) is 12. The molecule has 2 aliphatic heterocycles. The minimum absolute atomic E-state index is 0.00277. The number of aryl methyl sites for hydroxylation is 1. The van der Waals surface area contributed by atoms with Gasteiger partial charge in [0.2, 0.25) is 17.7 Å². The van der Waals surface area contributed by atoms with Gasteiger partial charge in [0.15, 0.2) is 5.82 Å². The fourth-order valence-electron chi connectivity index (χ4n) is 7.04. The third-order valence-corrected chi connectivity index (χ3v) is 11.1. The average Bonchev–Trinajstić information content (AvgIpc) is 3.76. The first-order valence-electron chi connectivity index (χ1n) is 18.2. The van der Waals surface area contributed by atoms with E-state index < -0.39 is 29.5 Å². The first kappa shape index (κ1) is 38.6. The SMILES string of the molecule is Cc1ncsc1-c1ccc([C@H](C)NC(=O)[C@@H]2C[C@@H](O)CN2C(=O)[C@@H](NC(=O)CN2CCN(c3cc(-c4ccccc4O)nnc3N)CC2)C(C)(C)C)cc1. The molecular formula is C39H49N9O5S. The molecule has 0 radical (unpaired) electrons. The Bertz CT molecular complexity index is 1970. The number of likely N-dealkylation sites (tertiary alicyclic amines) is 1. The number of anilines is 2. The van der Waals surface area contributed by atoms with Crippen molar-refractivity contribution in [1.82, 2.24) is 35.6 Å². The highest BCUT2D eigenvalue weighted by Gasteiger charge is 2.45. The fourth-order valence-corrected chi connectivity index (χ4v) is 7.85. The molecule has 54 heavy (non-hydrogen) atoms. The molecule has 0 saturated carbocycles. The van der Waals surface area contributed by atoms with Crippen LogP contribution in [0.15, 0.2) is 60.1 Å². The number of β-amino-alcohol motifs (C(OH)–C–C–N with tert-alkyl or cyclic N) is 1. The molecule has 0 aliphatic carbocycles. The predicted molar refractivity (Wildman–Crippen MR) is 209 cm³/mol. The lowest BCUT2D eigenvalue weighted by Gasteiger charge is -2.38. The number of nitrogens with zero attached hydrogens (tertiary/aromatic N) is 6. The molecule has 0 spiro atoms. The predicted octanol–water partition coefficient (Wildman–Crippen LogP) is 3.36. The van der Waals surface area contributed by atoms with Crippen molar-refractivity contribution in [1.29, 1.82) is 0 Å². The van der Waals surface area contributed by atoms with Gasteiger partial charge in [0.1, 0.15) is 17.8 Å². The van der Waals surface area contributed by atoms with Crippen LogP contribution < -0.4 is 21.3 Å². The van der Waals surface area contributed by atoms with Crippen LogP contribution in [0.3, 0.4) is 0 Å². The zero-order valence-electron chi connectivity index (χ0n) is 31.3. The van der Waals surface area contributed by atoms with Gasteiger partial charge in [-0.05, 0) is 48.6 Å². The Morgan fingerprint density at radius 3 is 2.37 bits per heavy atom. The minimum Gasteiger partial charge on any atom is -0.507 e. The molecule has 6 N–H and O–H groups in total. The molecule has 4 aromatic rings. The number of thiazole rings is 1. The molecule has 3 amide bonds. The zero-order chi connectivity index (χ0) is 38.7. The summed E-state index contributed by atoms with van der Waals surface area (Å²) in [6.07, 6.45) is -0.761. The van der Waals surface area contributed by atoms with E-state index >= 15 is 0 Å². The Balaban J connectivity index is 1.06. The Kier molecular flexibility index (Phi) is 11.5. The number of aromatic nitrogens is 3. The summed E-state index contributed by atoms with van der Waals surface area (Å²) in [5, 5.41) is 35.2. The quantitative estimate of drug-likeness (QED) is 0.160. The molecule has 0 bridgehead atoms. The number of phenolic OH excluding ortho intramolecular Hbond substituents is 1. The van der Waals surface area contributed by atoms with E-state index in [-0.39, 0.29) is 48.9 Å². The normalized spacial score (nSPS) is 19.0. The molecule has 0 unspecified atom stereocenters. The number of aliphatic hydroxyl groups is 1. The maximum Gasteiger partial charge on any atom is 0.246 e. The van der Waals surface area contributed by atoms with Crippen molar-refractivity contribution in [3.63, 3.8) is 0 Å². The Labute approximate surface area is 319 Å². The van der Waals surface area contributed by atoms with Crippen LogP contribution in [0, 0.1) is 12.3 Å². The Hall–Kier alpha value is -5.12. The number of carbonyl (C=O) groups excluding carboxylic acids is 3. The number of hydrogen-bond donors (Lipinski definition) is 5. The molecule has 14 nitrogen and oxygen atoms in total. The molecule has 2 saturated heterocycles. The maximum absolute atomic E-state index is 14.2. The van der Waals surface area contributed by atoms with Crippen molar-refractivity contribution < 1.29 is 24.6 Å². The monoisotopic (exact) mass is 755 g/mol. The number of carbonyl (C=O) groups is 3. The molecule has 6 rings (SSSR count). The molecule has 2 aromatic heterocycles. The van der Waals surface area contributed by atoms with Crippen LogP contribution >= 0.6 is 11.3 Å². The van der Waals surface area contributed by atoms with E-state index in [1.165, 1.54) is 4.90 Å². The molecule has 4 atom stereocenters.